The highest BCUT2D eigenvalue weighted by atomic mass is 32.2. The van der Waals surface area contributed by atoms with Crippen molar-refractivity contribution in [2.45, 2.75) is 251 Å². The van der Waals surface area contributed by atoms with Gasteiger partial charge < -0.3 is 18.9 Å². The number of carbonyl (C=O) groups excluding carboxylic acids is 6. The predicted octanol–water partition coefficient (Wildman–Crippen LogP) is 42.5. The van der Waals surface area contributed by atoms with Gasteiger partial charge >= 0.3 is 0 Å². The Kier molecular flexibility index (Phi) is 73.3. The van der Waals surface area contributed by atoms with Crippen LogP contribution >= 0.6 is 70.6 Å². The maximum Gasteiger partial charge on any atom is 0.199 e. The van der Waals surface area contributed by atoms with Crippen LogP contribution in [0.15, 0.2) is 396 Å². The van der Waals surface area contributed by atoms with Crippen LogP contribution in [0.5, 0.6) is 34.5 Å². The van der Waals surface area contributed by atoms with E-state index in [1.165, 1.54) is 70.6 Å². The fraction of sp³-hybridized carbons (Fsp3) is 0.323. The summed E-state index contributed by atoms with van der Waals surface area (Å²) in [6, 6.07) is 125. The smallest absolute Gasteiger partial charge is 0.199 e. The van der Waals surface area contributed by atoms with E-state index in [0.29, 0.717) is 24.7 Å². The fourth-order valence-corrected chi connectivity index (χ4v) is 18.6. The van der Waals surface area contributed by atoms with Crippen LogP contribution in [0.1, 0.15) is 232 Å². The summed E-state index contributed by atoms with van der Waals surface area (Å²) in [5, 5.41) is 1.33. The van der Waals surface area contributed by atoms with E-state index in [4.69, 9.17) is 18.9 Å². The highest BCUT2D eigenvalue weighted by molar-refractivity contribution is 8.15. The molecule has 0 fully saturated rings. The van der Waals surface area contributed by atoms with Gasteiger partial charge in [-0.15, -0.1) is 0 Å². The van der Waals surface area contributed by atoms with Crippen molar-refractivity contribution in [1.29, 1.82) is 0 Å². The Balaban J connectivity index is -0.000000835. The van der Waals surface area contributed by atoms with Crippen molar-refractivity contribution in [2.75, 3.05) is 24.7 Å². The van der Waals surface area contributed by atoms with Crippen LogP contribution in [0.2, 0.25) is 0 Å². The molecule has 14 aromatic rings. The molecule has 149 heavy (non-hydrogen) atoms. The molecule has 0 heterocycles. The summed E-state index contributed by atoms with van der Waals surface area (Å²) in [5.41, 5.74) is 12.5. The molecule has 16 heteroatoms. The molecule has 14 aromatic carbocycles. The molecule has 10 nitrogen and oxygen atoms in total. The van der Waals surface area contributed by atoms with Crippen LogP contribution in [0.4, 0.5) is 0 Å². The molecule has 0 bridgehead atoms. The first kappa shape index (κ1) is 144. The third-order valence-electron chi connectivity index (χ3n) is 23.3. The number of thioether (sulfide) groups is 6. The average molecular weight is 2130 g/mol. The molecule has 806 valence electrons. The maximum atomic E-state index is 13.0. The highest BCUT2D eigenvalue weighted by Crippen LogP contribution is 2.46. The van der Waals surface area contributed by atoms with E-state index in [9.17, 15) is 28.8 Å². The van der Waals surface area contributed by atoms with Crippen LogP contribution < -0.4 is 18.9 Å². The Bertz CT molecular complexity index is 5880. The first-order valence-corrected chi connectivity index (χ1v) is 52.3. The first-order chi connectivity index (χ1) is 66.2. The van der Waals surface area contributed by atoms with Gasteiger partial charge in [0, 0.05) is 76.2 Å². The van der Waals surface area contributed by atoms with Crippen molar-refractivity contribution in [3.8, 4) is 101 Å². The SMILES string of the molecule is C.C.C.C.C.C.C.C.C.C.C.C.CCC(C)(C)C(=O)SCCOc1ccccc1-c1ccccc1.CCC(C)(C)C(=O)Sc1c(-c2ccccc2)cccc1-c1ccccc1.CCC(C)(C)C(=O)Sc1ccc(Oc2ccccc2)cc1.CCC(C)C(=O)SCCOc1ccccc1-c1ccccc1.CCC(C)C(=O)Sc1c(-c2ccccc2)cccc1-c1ccccc1.CCC(C)C(=O)Sc1ccc(Oc2ccccc2)cc1. The fourth-order valence-electron chi connectivity index (χ4n) is 12.7. The molecule has 0 saturated carbocycles. The Morgan fingerprint density at radius 1 is 0.235 bits per heavy atom. The standard InChI is InChI=1S/C24H24OS.C23H22OS.C20H24O2S.C19H22O2S.C18H20O2S.C17H18O2S.12CH4/c1-4-24(2,3)23(25)26-22-20(18-12-7-5-8-13-18)16-11-17-21(22)19-14-9-6-10-15-19;1-3-17(2)23(24)25-22-20(18-11-6-4-7-12-18)15-10-16-21(22)19-13-8-5-9-14-19;1-4-20(2,3)19(21)23-15-14-22-18-13-9-8-12-17(18)16-10-6-5-7-11-16;1-3-15(2)19(20)22-14-13-21-18-12-8-7-11-17(18)16-9-5-4-6-10-16;1-4-18(2,3)17(19)21-16-12-10-15(11-13-16)20-14-8-6-5-7-9-14;1-3-13(2)17(18)20-16-11-9-15(10-12-16)19-14-7-5-4-6-8-14;;;;;;;;;;;;/h5-17H,4H2,1-3H3;4-17H,3H2,1-2H3;5-13H,4,14-15H2,1-3H3;4-12,15H,3,13-14H2,1-2H3;5-13H,4H2,1-3H3;4-13H,3H2,1-2H3;12*1H4. The van der Waals surface area contributed by atoms with Gasteiger partial charge in [-0.05, 0) is 179 Å². The zero-order valence-electron chi connectivity index (χ0n) is 81.6. The molecular weight excluding hydrogens is 1950 g/mol. The number of rotatable bonds is 34. The molecule has 0 radical (unpaired) electrons. The zero-order chi connectivity index (χ0) is 98.4. The lowest BCUT2D eigenvalue weighted by Crippen LogP contribution is -2.21. The van der Waals surface area contributed by atoms with Gasteiger partial charge in [-0.3, -0.25) is 28.8 Å². The van der Waals surface area contributed by atoms with Crippen molar-refractivity contribution in [3.63, 3.8) is 0 Å². The average Bonchev–Trinajstić information content (AvgIpc) is 0.791. The number of hydrogen-bond donors (Lipinski definition) is 0. The molecule has 0 aromatic heterocycles. The van der Waals surface area contributed by atoms with Gasteiger partial charge in [0.15, 0.2) is 30.7 Å². The van der Waals surface area contributed by atoms with Gasteiger partial charge in [0.05, 0.1) is 13.2 Å². The molecule has 0 aliphatic rings. The first-order valence-electron chi connectivity index (χ1n) is 47.1. The Hall–Kier alpha value is -11.6. The van der Waals surface area contributed by atoms with E-state index in [1.807, 2.05) is 345 Å². The molecular formula is C133H178O10S6. The van der Waals surface area contributed by atoms with Crippen LogP contribution in [-0.4, -0.2) is 55.4 Å². The van der Waals surface area contributed by atoms with Gasteiger partial charge in [0.25, 0.3) is 0 Å². The summed E-state index contributed by atoms with van der Waals surface area (Å²) >= 11 is 8.08. The molecule has 14 rings (SSSR count). The lowest BCUT2D eigenvalue weighted by Gasteiger charge is -2.22. The number of benzene rings is 14. The Morgan fingerprint density at radius 2 is 0.463 bits per heavy atom. The summed E-state index contributed by atoms with van der Waals surface area (Å²) in [6.45, 7) is 31.3. The van der Waals surface area contributed by atoms with E-state index >= 15 is 0 Å². The van der Waals surface area contributed by atoms with Crippen molar-refractivity contribution < 1.29 is 47.7 Å². The van der Waals surface area contributed by atoms with Crippen LogP contribution in [0.25, 0.3) is 66.8 Å². The third kappa shape index (κ3) is 46.8. The maximum absolute atomic E-state index is 13.0. The molecule has 0 N–H and O–H groups in total. The number of para-hydroxylation sites is 4. The largest absolute Gasteiger partial charge is 0.492 e. The van der Waals surface area contributed by atoms with Gasteiger partial charge in [-0.1, -0.05) is 555 Å². The van der Waals surface area contributed by atoms with Crippen LogP contribution in [0, 0.1) is 34.0 Å². The minimum absolute atomic E-state index is 0. The van der Waals surface area contributed by atoms with Crippen molar-refractivity contribution in [1.82, 2.24) is 0 Å². The summed E-state index contributed by atoms with van der Waals surface area (Å²) < 4.78 is 23.2. The van der Waals surface area contributed by atoms with E-state index in [0.717, 1.165) is 159 Å². The molecule has 0 aliphatic carbocycles. The lowest BCUT2D eigenvalue weighted by atomic mass is 9.92. The Labute approximate surface area is 928 Å². The molecule has 0 saturated heterocycles. The monoisotopic (exact) mass is 2130 g/mol. The van der Waals surface area contributed by atoms with E-state index in [-0.39, 0.29) is 154 Å². The summed E-state index contributed by atoms with van der Waals surface area (Å²) in [7, 11) is 0. The second-order valence-electron chi connectivity index (χ2n) is 34.6. The lowest BCUT2D eigenvalue weighted by molar-refractivity contribution is -0.118. The predicted molar refractivity (Wildman–Crippen MR) is 665 cm³/mol. The molecule has 3 atom stereocenters. The van der Waals surface area contributed by atoms with Crippen LogP contribution in [0.3, 0.4) is 0 Å². The van der Waals surface area contributed by atoms with Gasteiger partial charge in [0.1, 0.15) is 34.5 Å². The normalized spacial score (nSPS) is 10.7. The summed E-state index contributed by atoms with van der Waals surface area (Å²) in [4.78, 5) is 77.6. The minimum atomic E-state index is -0.345. The Morgan fingerprint density at radius 3 is 0.765 bits per heavy atom. The van der Waals surface area contributed by atoms with Crippen LogP contribution in [-0.2, 0) is 28.8 Å². The van der Waals surface area contributed by atoms with Gasteiger partial charge in [0.2, 0.25) is 0 Å². The number of hydrogen-bond acceptors (Lipinski definition) is 16. The van der Waals surface area contributed by atoms with E-state index < -0.39 is 0 Å². The number of carbonyl (C=O) groups is 6. The molecule has 3 unspecified atom stereocenters. The van der Waals surface area contributed by atoms with Gasteiger partial charge in [-0.25, -0.2) is 0 Å². The number of ether oxygens (including phenoxy) is 4. The molecule has 0 aliphatic heterocycles. The van der Waals surface area contributed by atoms with Crippen molar-refractivity contribution >= 4 is 101 Å². The molecule has 0 spiro atoms. The molecule has 0 amide bonds. The van der Waals surface area contributed by atoms with Crippen molar-refractivity contribution in [2.24, 2.45) is 34.0 Å². The highest BCUT2D eigenvalue weighted by Gasteiger charge is 2.30. The minimum Gasteiger partial charge on any atom is -0.492 e. The topological polar surface area (TPSA) is 139 Å². The van der Waals surface area contributed by atoms with E-state index in [2.05, 4.69) is 135 Å². The quantitative estimate of drug-likeness (QED) is 0.0279. The summed E-state index contributed by atoms with van der Waals surface area (Å²) in [6.07, 6.45) is 5.15. The van der Waals surface area contributed by atoms with Crippen molar-refractivity contribution in [3.05, 3.63) is 376 Å². The third-order valence-corrected chi connectivity index (χ3v) is 30.5. The second-order valence-corrected chi connectivity index (χ2v) is 40.9. The zero-order valence-corrected chi connectivity index (χ0v) is 86.5. The van der Waals surface area contributed by atoms with Gasteiger partial charge in [-0.2, -0.15) is 0 Å². The summed E-state index contributed by atoms with van der Waals surface area (Å²) in [5.74, 6) is 6.53. The second kappa shape index (κ2) is 76.0. The van der Waals surface area contributed by atoms with E-state index in [1.54, 1.807) is 0 Å².